The lowest BCUT2D eigenvalue weighted by Gasteiger charge is -2.13. The lowest BCUT2D eigenvalue weighted by Crippen LogP contribution is -2.13. The number of nitrogens with zero attached hydrogens (tertiary/aromatic N) is 2. The van der Waals surface area contributed by atoms with Gasteiger partial charge in [-0.1, -0.05) is 54.9 Å². The summed E-state index contributed by atoms with van der Waals surface area (Å²) in [5, 5.41) is 23.2. The lowest BCUT2D eigenvalue weighted by molar-refractivity contribution is 0.102. The number of hydrogen-bond acceptors (Lipinski definition) is 7. The van der Waals surface area contributed by atoms with Crippen LogP contribution in [0, 0.1) is 0 Å². The summed E-state index contributed by atoms with van der Waals surface area (Å²) >= 11 is 6.03. The number of ether oxygens (including phenoxy) is 1. The van der Waals surface area contributed by atoms with Gasteiger partial charge < -0.3 is 15.2 Å². The molecule has 1 amide bonds. The van der Waals surface area contributed by atoms with Gasteiger partial charge in [0.05, 0.1) is 18.4 Å². The van der Waals surface area contributed by atoms with Crippen molar-refractivity contribution in [1.29, 1.82) is 0 Å². The Morgan fingerprint density at radius 3 is 2.41 bits per heavy atom. The van der Waals surface area contributed by atoms with Crippen LogP contribution in [0.2, 0.25) is 5.02 Å². The minimum Gasteiger partial charge on any atom is -0.505 e. The van der Waals surface area contributed by atoms with Gasteiger partial charge in [0.15, 0.2) is 5.75 Å². The van der Waals surface area contributed by atoms with Crippen molar-refractivity contribution in [3.05, 3.63) is 82.9 Å². The monoisotopic (exact) mass is 539 g/mol. The van der Waals surface area contributed by atoms with E-state index < -0.39 is 26.7 Å². The predicted molar refractivity (Wildman–Crippen MR) is 141 cm³/mol. The molecule has 0 aliphatic heterocycles. The Balaban J connectivity index is 1.87. The first kappa shape index (κ1) is 26.1. The molecule has 9 nitrogen and oxygen atoms in total. The molecule has 0 heterocycles. The molecule has 0 aliphatic carbocycles. The molecule has 4 rings (SSSR count). The molecule has 0 radical (unpaired) electrons. The van der Waals surface area contributed by atoms with Crippen molar-refractivity contribution in [2.45, 2.75) is 18.2 Å². The van der Waals surface area contributed by atoms with Crippen LogP contribution in [0.25, 0.3) is 10.8 Å². The Hall–Kier alpha value is -3.99. The Kier molecular flexibility index (Phi) is 7.44. The summed E-state index contributed by atoms with van der Waals surface area (Å²) in [5.74, 6) is -0.651. The number of carbonyl (C=O) groups is 1. The van der Waals surface area contributed by atoms with Crippen LogP contribution in [-0.4, -0.2) is 31.1 Å². The molecule has 0 aromatic heterocycles. The first-order valence-electron chi connectivity index (χ1n) is 11.0. The van der Waals surface area contributed by atoms with E-state index in [1.165, 1.54) is 19.2 Å². The van der Waals surface area contributed by atoms with E-state index in [4.69, 9.17) is 16.3 Å². The van der Waals surface area contributed by atoms with Gasteiger partial charge in [0, 0.05) is 10.4 Å². The number of phenols is 1. The van der Waals surface area contributed by atoms with E-state index in [1.807, 2.05) is 0 Å². The van der Waals surface area contributed by atoms with Gasteiger partial charge in [-0.2, -0.15) is 8.42 Å². The number of carbonyl (C=O) groups excluding carboxylic acids is 1. The van der Waals surface area contributed by atoms with Crippen LogP contribution < -0.4 is 10.1 Å². The van der Waals surface area contributed by atoms with E-state index in [9.17, 15) is 22.9 Å². The Morgan fingerprint density at radius 2 is 1.70 bits per heavy atom. The largest absolute Gasteiger partial charge is 0.505 e. The van der Waals surface area contributed by atoms with Gasteiger partial charge in [0.1, 0.15) is 22.0 Å². The summed E-state index contributed by atoms with van der Waals surface area (Å²) in [7, 11) is -3.21. The maximum absolute atomic E-state index is 13.2. The number of anilines is 1. The zero-order valence-electron chi connectivity index (χ0n) is 19.8. The van der Waals surface area contributed by atoms with Crippen molar-refractivity contribution in [3.8, 4) is 11.5 Å². The highest BCUT2D eigenvalue weighted by Gasteiger charge is 2.22. The van der Waals surface area contributed by atoms with Gasteiger partial charge in [-0.15, -0.1) is 10.2 Å². The number of nitrogens with one attached hydrogen (secondary N) is 1. The number of rotatable bonds is 7. The topological polar surface area (TPSA) is 138 Å². The fourth-order valence-electron chi connectivity index (χ4n) is 3.84. The molecular formula is C26H22ClN3O6S. The molecule has 0 saturated heterocycles. The molecule has 11 heteroatoms. The summed E-state index contributed by atoms with van der Waals surface area (Å²) in [5.41, 5.74) is 0.554. The number of para-hydroxylation sites is 2. The molecule has 3 N–H and O–H groups in total. The molecule has 37 heavy (non-hydrogen) atoms. The number of phenolic OH excluding ortho intramolecular Hbond substituents is 1. The highest BCUT2D eigenvalue weighted by Crippen LogP contribution is 2.41. The molecule has 0 aliphatic rings. The zero-order valence-corrected chi connectivity index (χ0v) is 21.3. The second-order valence-corrected chi connectivity index (χ2v) is 9.76. The minimum absolute atomic E-state index is 0.0541. The third-order valence-corrected chi connectivity index (χ3v) is 6.71. The van der Waals surface area contributed by atoms with Crippen molar-refractivity contribution in [2.75, 3.05) is 12.4 Å². The van der Waals surface area contributed by atoms with Crippen molar-refractivity contribution in [3.63, 3.8) is 0 Å². The Morgan fingerprint density at radius 1 is 1.03 bits per heavy atom. The zero-order chi connectivity index (χ0) is 26.7. The summed E-state index contributed by atoms with van der Waals surface area (Å²) < 4.78 is 39.0. The van der Waals surface area contributed by atoms with E-state index in [0.29, 0.717) is 34.2 Å². The van der Waals surface area contributed by atoms with Crippen LogP contribution in [0.1, 0.15) is 22.8 Å². The van der Waals surface area contributed by atoms with E-state index >= 15 is 0 Å². The molecule has 0 saturated carbocycles. The minimum atomic E-state index is -4.69. The van der Waals surface area contributed by atoms with Gasteiger partial charge in [-0.25, -0.2) is 0 Å². The van der Waals surface area contributed by atoms with Crippen LogP contribution in [-0.2, 0) is 16.5 Å². The van der Waals surface area contributed by atoms with Crippen LogP contribution in [0.5, 0.6) is 11.5 Å². The summed E-state index contributed by atoms with van der Waals surface area (Å²) in [4.78, 5) is 12.7. The molecule has 0 unspecified atom stereocenters. The molecule has 0 bridgehead atoms. The third-order valence-electron chi connectivity index (χ3n) is 5.62. The van der Waals surface area contributed by atoms with E-state index in [0.717, 1.165) is 6.07 Å². The fourth-order valence-corrected chi connectivity index (χ4v) is 4.83. The summed E-state index contributed by atoms with van der Waals surface area (Å²) in [6, 6.07) is 17.8. The summed E-state index contributed by atoms with van der Waals surface area (Å²) in [6.45, 7) is 1.76. The number of methoxy groups -OCH3 is 1. The van der Waals surface area contributed by atoms with Gasteiger partial charge in [0.2, 0.25) is 0 Å². The molecule has 4 aromatic rings. The van der Waals surface area contributed by atoms with Crippen molar-refractivity contribution in [2.24, 2.45) is 10.2 Å². The SMILES string of the molecule is CCc1cc(Cl)cc(S(=O)(=O)O)c1N=Nc1c(O)c(C(=O)Nc2ccccc2OC)cc2ccccc12. The normalized spacial score (nSPS) is 11.7. The average Bonchev–Trinajstić information content (AvgIpc) is 2.87. The number of aryl methyl sites for hydroxylation is 1. The van der Waals surface area contributed by atoms with Gasteiger partial charge >= 0.3 is 0 Å². The Labute approximate surface area is 218 Å². The highest BCUT2D eigenvalue weighted by molar-refractivity contribution is 7.86. The molecule has 190 valence electrons. The Bertz CT molecular complexity index is 1650. The smallest absolute Gasteiger partial charge is 0.296 e. The van der Waals surface area contributed by atoms with E-state index in [-0.39, 0.29) is 22.0 Å². The standard InChI is InChI=1S/C26H22ClN3O6S/c1-3-15-12-17(27)14-22(37(33,34)35)23(15)29-30-24-18-9-5-4-8-16(18)13-19(25(24)31)26(32)28-20-10-6-7-11-21(20)36-2/h4-14,31H,3H2,1-2H3,(H,28,32)(H,33,34,35). The number of fused-ring (bicyclic) bond motifs is 1. The molecule has 0 atom stereocenters. The van der Waals surface area contributed by atoms with Crippen LogP contribution in [0.15, 0.2) is 81.9 Å². The van der Waals surface area contributed by atoms with Crippen LogP contribution >= 0.6 is 11.6 Å². The number of amides is 1. The second kappa shape index (κ2) is 10.6. The van der Waals surface area contributed by atoms with E-state index in [2.05, 4.69) is 15.5 Å². The third kappa shape index (κ3) is 5.41. The second-order valence-electron chi connectivity index (χ2n) is 7.94. The van der Waals surface area contributed by atoms with Crippen molar-refractivity contribution >= 4 is 55.5 Å². The quantitative estimate of drug-likeness (QED) is 0.177. The maximum Gasteiger partial charge on any atom is 0.296 e. The molecule has 0 fully saturated rings. The van der Waals surface area contributed by atoms with E-state index in [1.54, 1.807) is 55.5 Å². The lowest BCUT2D eigenvalue weighted by atomic mass is 10.0. The van der Waals surface area contributed by atoms with Crippen molar-refractivity contribution in [1.82, 2.24) is 0 Å². The van der Waals surface area contributed by atoms with Gasteiger partial charge in [0.25, 0.3) is 16.0 Å². The number of halogens is 1. The van der Waals surface area contributed by atoms with Crippen LogP contribution in [0.3, 0.4) is 0 Å². The number of azo groups is 1. The maximum atomic E-state index is 13.2. The number of aromatic hydroxyl groups is 1. The number of hydrogen-bond donors (Lipinski definition) is 3. The first-order chi connectivity index (χ1) is 17.6. The molecular weight excluding hydrogens is 518 g/mol. The number of benzene rings is 4. The predicted octanol–water partition coefficient (Wildman–Crippen LogP) is 6.68. The van der Waals surface area contributed by atoms with Gasteiger partial charge in [-0.3, -0.25) is 9.35 Å². The molecule has 0 spiro atoms. The highest BCUT2D eigenvalue weighted by atomic mass is 35.5. The molecule has 4 aromatic carbocycles. The van der Waals surface area contributed by atoms with Crippen LogP contribution in [0.4, 0.5) is 17.1 Å². The first-order valence-corrected chi connectivity index (χ1v) is 12.9. The average molecular weight is 540 g/mol. The fraction of sp³-hybridized carbons (Fsp3) is 0.115. The van der Waals surface area contributed by atoms with Crippen molar-refractivity contribution < 1.29 is 27.6 Å². The summed E-state index contributed by atoms with van der Waals surface area (Å²) in [6.07, 6.45) is 0.339. The van der Waals surface area contributed by atoms with Gasteiger partial charge in [-0.05, 0) is 47.7 Å².